The van der Waals surface area contributed by atoms with E-state index in [2.05, 4.69) is 41.1 Å². The van der Waals surface area contributed by atoms with Gasteiger partial charge in [0.1, 0.15) is 5.75 Å². The van der Waals surface area contributed by atoms with Gasteiger partial charge in [0, 0.05) is 13.1 Å². The highest BCUT2D eigenvalue weighted by molar-refractivity contribution is 6.24. The van der Waals surface area contributed by atoms with Gasteiger partial charge in [0.05, 0.1) is 19.3 Å². The van der Waals surface area contributed by atoms with E-state index in [0.29, 0.717) is 20.6 Å². The predicted molar refractivity (Wildman–Crippen MR) is 132 cm³/mol. The van der Waals surface area contributed by atoms with Gasteiger partial charge in [0.15, 0.2) is 0 Å². The van der Waals surface area contributed by atoms with Gasteiger partial charge in [-0.1, -0.05) is 75.3 Å². The molecule has 1 aliphatic carbocycles. The Morgan fingerprint density at radius 2 is 1.78 bits per heavy atom. The molecular formula is C26H39BN2O3. The number of hydrogen-bond donors (Lipinski definition) is 3. The minimum absolute atomic E-state index is 0.183. The molecule has 0 saturated heterocycles. The SMILES string of the molecule is CBON[C@@H](Cc1cccc(CC2CCCCC2)c1)[C@H](O)CNCc1cccc(OC)c1. The molecule has 0 heterocycles. The summed E-state index contributed by atoms with van der Waals surface area (Å²) in [5, 5.41) is 14.2. The molecule has 2 atom stereocenters. The van der Waals surface area contributed by atoms with Crippen LogP contribution in [0.25, 0.3) is 0 Å². The number of hydrogen-bond acceptors (Lipinski definition) is 5. The molecule has 2 aromatic rings. The van der Waals surface area contributed by atoms with E-state index in [-0.39, 0.29) is 6.04 Å². The zero-order chi connectivity index (χ0) is 22.6. The Bertz CT molecular complexity index is 798. The summed E-state index contributed by atoms with van der Waals surface area (Å²) in [5.41, 5.74) is 6.85. The molecule has 2 aromatic carbocycles. The number of benzene rings is 2. The van der Waals surface area contributed by atoms with Crippen molar-refractivity contribution in [1.29, 1.82) is 0 Å². The van der Waals surface area contributed by atoms with Crippen LogP contribution in [0, 0.1) is 5.92 Å². The Hall–Kier alpha value is -1.86. The molecule has 0 aliphatic heterocycles. The van der Waals surface area contributed by atoms with E-state index in [9.17, 15) is 5.11 Å². The summed E-state index contributed by atoms with van der Waals surface area (Å²) in [6.45, 7) is 3.10. The maximum atomic E-state index is 10.9. The fourth-order valence-corrected chi connectivity index (χ4v) is 4.60. The summed E-state index contributed by atoms with van der Waals surface area (Å²) < 4.78 is 10.8. The summed E-state index contributed by atoms with van der Waals surface area (Å²) in [5.74, 6) is 1.66. The van der Waals surface area contributed by atoms with E-state index in [4.69, 9.17) is 9.49 Å². The molecule has 3 N–H and O–H groups in total. The lowest BCUT2D eigenvalue weighted by atomic mass is 9.84. The summed E-state index contributed by atoms with van der Waals surface area (Å²) in [4.78, 5) is 0. The van der Waals surface area contributed by atoms with Crippen molar-refractivity contribution in [3.8, 4) is 5.75 Å². The third kappa shape index (κ3) is 8.25. The Labute approximate surface area is 194 Å². The van der Waals surface area contributed by atoms with Crippen LogP contribution in [0.3, 0.4) is 0 Å². The first-order valence-electron chi connectivity index (χ1n) is 12.1. The number of aliphatic hydroxyl groups excluding tert-OH is 1. The molecule has 5 nitrogen and oxygen atoms in total. The van der Waals surface area contributed by atoms with Crippen LogP contribution < -0.4 is 15.5 Å². The Morgan fingerprint density at radius 3 is 2.56 bits per heavy atom. The second-order valence-electron chi connectivity index (χ2n) is 8.94. The molecule has 1 saturated carbocycles. The maximum absolute atomic E-state index is 10.9. The third-order valence-corrected chi connectivity index (χ3v) is 6.36. The fraction of sp³-hybridized carbons (Fsp3) is 0.538. The monoisotopic (exact) mass is 438 g/mol. The van der Waals surface area contributed by atoms with Gasteiger partial charge in [-0.25, -0.2) is 5.48 Å². The average Bonchev–Trinajstić information content (AvgIpc) is 2.82. The highest BCUT2D eigenvalue weighted by atomic mass is 16.6. The van der Waals surface area contributed by atoms with Crippen LogP contribution >= 0.6 is 0 Å². The van der Waals surface area contributed by atoms with E-state index in [1.807, 2.05) is 25.0 Å². The Balaban J connectivity index is 1.54. The molecule has 0 unspecified atom stereocenters. The van der Waals surface area contributed by atoms with E-state index in [1.54, 1.807) is 7.11 Å². The highest BCUT2D eigenvalue weighted by Gasteiger charge is 2.20. The normalized spacial score (nSPS) is 16.5. The number of aliphatic hydroxyl groups is 1. The smallest absolute Gasteiger partial charge is 0.301 e. The zero-order valence-corrected chi connectivity index (χ0v) is 19.7. The van der Waals surface area contributed by atoms with Crippen LogP contribution in [0.2, 0.25) is 6.82 Å². The summed E-state index contributed by atoms with van der Waals surface area (Å²) in [6.07, 6.45) is 8.17. The quantitative estimate of drug-likeness (QED) is 0.328. The molecule has 3 rings (SSSR count). The highest BCUT2D eigenvalue weighted by Crippen LogP contribution is 2.27. The standard InChI is InChI=1S/C26H39BN2O3/c1-27-32-29-25(26(30)19-28-18-23-12-7-13-24(16-23)31-2)17-22-11-6-10-21(15-22)14-20-8-4-3-5-9-20/h6-7,10-13,15-16,20,25-30H,3-5,8-9,14,17-19H2,1-2H3/t25-,26+/m0/s1. The van der Waals surface area contributed by atoms with Crippen LogP contribution in [0.5, 0.6) is 5.75 Å². The fourth-order valence-electron chi connectivity index (χ4n) is 4.60. The molecule has 174 valence electrons. The van der Waals surface area contributed by atoms with Crippen molar-refractivity contribution in [3.05, 3.63) is 65.2 Å². The number of ether oxygens (including phenoxy) is 1. The van der Waals surface area contributed by atoms with E-state index in [1.165, 1.54) is 49.7 Å². The van der Waals surface area contributed by atoms with Gasteiger partial charge in [-0.2, -0.15) is 0 Å². The molecule has 1 fully saturated rings. The lowest BCUT2D eigenvalue weighted by Crippen LogP contribution is -2.46. The van der Waals surface area contributed by atoms with Crippen LogP contribution in [0.4, 0.5) is 0 Å². The summed E-state index contributed by atoms with van der Waals surface area (Å²) in [6, 6.07) is 16.6. The van der Waals surface area contributed by atoms with Gasteiger partial charge in [0.25, 0.3) is 0 Å². The molecule has 6 heteroatoms. The lowest BCUT2D eigenvalue weighted by Gasteiger charge is -2.25. The predicted octanol–water partition coefficient (Wildman–Crippen LogP) is 3.80. The zero-order valence-electron chi connectivity index (χ0n) is 19.7. The first-order chi connectivity index (χ1) is 15.7. The summed E-state index contributed by atoms with van der Waals surface area (Å²) in [7, 11) is 2.23. The second-order valence-corrected chi connectivity index (χ2v) is 8.94. The molecule has 0 spiro atoms. The van der Waals surface area contributed by atoms with Crippen LogP contribution in [-0.2, 0) is 24.1 Å². The van der Waals surface area contributed by atoms with Crippen molar-refractivity contribution in [1.82, 2.24) is 10.8 Å². The van der Waals surface area contributed by atoms with E-state index >= 15 is 0 Å². The molecule has 0 amide bonds. The maximum Gasteiger partial charge on any atom is 0.301 e. The lowest BCUT2D eigenvalue weighted by molar-refractivity contribution is 0.0572. The number of methoxy groups -OCH3 is 1. The second kappa shape index (κ2) is 13.6. The van der Waals surface area contributed by atoms with Crippen molar-refractivity contribution in [2.75, 3.05) is 13.7 Å². The van der Waals surface area contributed by atoms with Crippen molar-refractivity contribution in [2.45, 2.75) is 70.5 Å². The average molecular weight is 438 g/mol. The number of rotatable bonds is 13. The molecule has 0 radical (unpaired) electrons. The Morgan fingerprint density at radius 1 is 1.03 bits per heavy atom. The Kier molecular flexibility index (Phi) is 10.6. The molecule has 32 heavy (non-hydrogen) atoms. The first-order valence-corrected chi connectivity index (χ1v) is 12.1. The van der Waals surface area contributed by atoms with Crippen molar-refractivity contribution in [2.24, 2.45) is 5.92 Å². The number of nitrogens with one attached hydrogen (secondary N) is 2. The van der Waals surface area contributed by atoms with Crippen molar-refractivity contribution >= 4 is 7.48 Å². The minimum Gasteiger partial charge on any atom is -0.497 e. The minimum atomic E-state index is -0.575. The largest absolute Gasteiger partial charge is 0.497 e. The van der Waals surface area contributed by atoms with Gasteiger partial charge in [-0.15, -0.1) is 0 Å². The van der Waals surface area contributed by atoms with Crippen LogP contribution in [-0.4, -0.2) is 38.4 Å². The van der Waals surface area contributed by atoms with Crippen molar-refractivity contribution < 1.29 is 14.6 Å². The molecular weight excluding hydrogens is 399 g/mol. The van der Waals surface area contributed by atoms with E-state index < -0.39 is 6.10 Å². The third-order valence-electron chi connectivity index (χ3n) is 6.36. The van der Waals surface area contributed by atoms with Crippen LogP contribution in [0.1, 0.15) is 48.8 Å². The molecule has 1 aliphatic rings. The molecule has 0 aromatic heterocycles. The molecule has 0 bridgehead atoms. The van der Waals surface area contributed by atoms with Gasteiger partial charge >= 0.3 is 7.48 Å². The first kappa shape index (κ1) is 24.8. The number of hydroxylamine groups is 1. The van der Waals surface area contributed by atoms with Crippen molar-refractivity contribution in [3.63, 3.8) is 0 Å². The van der Waals surface area contributed by atoms with Gasteiger partial charge in [0.2, 0.25) is 0 Å². The summed E-state index contributed by atoms with van der Waals surface area (Å²) >= 11 is 0. The van der Waals surface area contributed by atoms with Gasteiger partial charge in [-0.3, -0.25) is 0 Å². The topological polar surface area (TPSA) is 62.8 Å². The van der Waals surface area contributed by atoms with Gasteiger partial charge in [-0.05, 0) is 47.6 Å². The van der Waals surface area contributed by atoms with Gasteiger partial charge < -0.3 is 19.9 Å². The van der Waals surface area contributed by atoms with Crippen LogP contribution in [0.15, 0.2) is 48.5 Å². The van der Waals surface area contributed by atoms with E-state index in [0.717, 1.165) is 23.7 Å².